The van der Waals surface area contributed by atoms with Gasteiger partial charge in [0.25, 0.3) is 0 Å². The molecule has 10 atom stereocenters. The molecule has 9 heteroatoms. The van der Waals surface area contributed by atoms with Gasteiger partial charge in [-0.05, 0) is 127 Å². The third-order valence-electron chi connectivity index (χ3n) is 15.8. The Morgan fingerprint density at radius 2 is 1.55 bits per heavy atom. The maximum absolute atomic E-state index is 14.4. The van der Waals surface area contributed by atoms with Crippen molar-refractivity contribution in [3.63, 3.8) is 0 Å². The summed E-state index contributed by atoms with van der Waals surface area (Å²) in [6, 6.07) is 9.93. The van der Waals surface area contributed by atoms with Crippen LogP contribution >= 0.6 is 0 Å². The van der Waals surface area contributed by atoms with E-state index in [0.29, 0.717) is 42.6 Å². The number of alkyl halides is 3. The molecule has 0 bridgehead atoms. The van der Waals surface area contributed by atoms with Crippen LogP contribution in [0, 0.1) is 68.5 Å². The van der Waals surface area contributed by atoms with Gasteiger partial charge in [0.05, 0.1) is 5.41 Å². The molecule has 49 heavy (non-hydrogen) atoms. The topological polar surface area (TPSA) is 69.7 Å². The lowest BCUT2D eigenvalue weighted by molar-refractivity contribution is -0.234. The minimum absolute atomic E-state index is 0.0229. The maximum atomic E-state index is 14.4. The summed E-state index contributed by atoms with van der Waals surface area (Å²) in [7, 11) is -5.75. The number of carbonyl (C=O) groups is 1. The van der Waals surface area contributed by atoms with E-state index in [1.54, 1.807) is 6.08 Å². The Hall–Kier alpha value is -2.03. The number of halogens is 3. The minimum Gasteiger partial charge on any atom is -0.460 e. The highest BCUT2D eigenvalue weighted by atomic mass is 32.2. The van der Waals surface area contributed by atoms with Gasteiger partial charge in [-0.1, -0.05) is 85.7 Å². The first-order valence-corrected chi connectivity index (χ1v) is 20.0. The Morgan fingerprint density at radius 3 is 2.18 bits per heavy atom. The highest BCUT2D eigenvalue weighted by Gasteiger charge is 2.72. The molecule has 0 N–H and O–H groups in total. The second-order valence-electron chi connectivity index (χ2n) is 18.2. The molecule has 0 heterocycles. The van der Waals surface area contributed by atoms with Gasteiger partial charge in [0.1, 0.15) is 12.4 Å². The third kappa shape index (κ3) is 5.43. The van der Waals surface area contributed by atoms with Gasteiger partial charge in [-0.3, -0.25) is 4.79 Å². The predicted octanol–water partition coefficient (Wildman–Crippen LogP) is 10.5. The molecule has 0 radical (unpaired) electrons. The number of ether oxygens (including phenoxy) is 1. The zero-order chi connectivity index (χ0) is 36.0. The fourth-order valence-electron chi connectivity index (χ4n) is 12.8. The molecule has 0 amide bonds. The van der Waals surface area contributed by atoms with E-state index < -0.39 is 26.5 Å². The Balaban J connectivity index is 1.34. The zero-order valence-electron chi connectivity index (χ0n) is 30.7. The van der Waals surface area contributed by atoms with Crippen LogP contribution in [0.5, 0.6) is 0 Å². The Morgan fingerprint density at radius 1 is 0.878 bits per heavy atom. The van der Waals surface area contributed by atoms with Crippen molar-refractivity contribution < 1.29 is 35.3 Å². The van der Waals surface area contributed by atoms with Crippen molar-refractivity contribution in [3.8, 4) is 0 Å². The summed E-state index contributed by atoms with van der Waals surface area (Å²) in [5, 5.41) is 0. The summed E-state index contributed by atoms with van der Waals surface area (Å²) in [4.78, 5) is 14.4. The predicted molar refractivity (Wildman–Crippen MR) is 184 cm³/mol. The molecule has 6 rings (SSSR count). The van der Waals surface area contributed by atoms with E-state index in [9.17, 15) is 26.4 Å². The van der Waals surface area contributed by atoms with Crippen molar-refractivity contribution >= 4 is 16.1 Å². The molecule has 5 aliphatic carbocycles. The average molecular weight is 707 g/mol. The molecule has 4 saturated carbocycles. The van der Waals surface area contributed by atoms with Crippen LogP contribution < -0.4 is 0 Å². The van der Waals surface area contributed by atoms with Gasteiger partial charge in [0, 0.05) is 5.41 Å². The molecule has 4 fully saturated rings. The monoisotopic (exact) mass is 706 g/mol. The summed E-state index contributed by atoms with van der Waals surface area (Å²) < 4.78 is 75.4. The van der Waals surface area contributed by atoms with E-state index >= 15 is 0 Å². The van der Waals surface area contributed by atoms with E-state index in [2.05, 4.69) is 41.5 Å². The van der Waals surface area contributed by atoms with E-state index in [0.717, 1.165) is 56.9 Å². The summed E-state index contributed by atoms with van der Waals surface area (Å²) in [6.45, 7) is 18.2. The lowest BCUT2D eigenvalue weighted by Gasteiger charge is -2.72. The molecular formula is C40H57F3O5S. The lowest BCUT2D eigenvalue weighted by atomic mass is 9.32. The first-order chi connectivity index (χ1) is 22.7. The van der Waals surface area contributed by atoms with Crippen molar-refractivity contribution in [2.45, 2.75) is 125 Å². The van der Waals surface area contributed by atoms with Crippen LogP contribution in [0.1, 0.15) is 119 Å². The van der Waals surface area contributed by atoms with Gasteiger partial charge < -0.3 is 8.92 Å². The Labute approximate surface area is 292 Å². The standard InChI is InChI=1S/C40H57F3O5S/c1-25(2)26(3)28-16-21-39(34(44)47-24-27-12-10-9-11-13-27)23-22-37(7)29(33(28)39)14-15-31-36(6)19-18-32(48-49(45,46)40(41,42)43)35(4,5)30(36)17-20-38(31,37)8/h9-13,18,25-26,28-31,33H,14-17,19-24H2,1-8H3/t26?,28-,29+,30-,31+,33+,36-,37+,38?,39-/m0/s1. The van der Waals surface area contributed by atoms with E-state index in [-0.39, 0.29) is 39.8 Å². The second kappa shape index (κ2) is 12.0. The van der Waals surface area contributed by atoms with Crippen molar-refractivity contribution in [2.75, 3.05) is 0 Å². The fourth-order valence-corrected chi connectivity index (χ4v) is 13.5. The van der Waals surface area contributed by atoms with Crippen LogP contribution in [0.15, 0.2) is 42.2 Å². The quantitative estimate of drug-likeness (QED) is 0.160. The Kier molecular flexibility index (Phi) is 9.01. The number of benzene rings is 1. The van der Waals surface area contributed by atoms with Gasteiger partial charge in [-0.2, -0.15) is 21.6 Å². The van der Waals surface area contributed by atoms with Gasteiger partial charge in [0.15, 0.2) is 0 Å². The van der Waals surface area contributed by atoms with Crippen LogP contribution in [0.3, 0.4) is 0 Å². The van der Waals surface area contributed by atoms with Gasteiger partial charge in [0.2, 0.25) is 0 Å². The van der Waals surface area contributed by atoms with Crippen molar-refractivity contribution in [1.82, 2.24) is 0 Å². The first-order valence-electron chi connectivity index (χ1n) is 18.6. The number of hydrogen-bond donors (Lipinski definition) is 0. The molecular weight excluding hydrogens is 649 g/mol. The third-order valence-corrected chi connectivity index (χ3v) is 16.8. The van der Waals surface area contributed by atoms with Crippen LogP contribution in [0.4, 0.5) is 13.2 Å². The number of fused-ring (bicyclic) bond motifs is 7. The van der Waals surface area contributed by atoms with E-state index in [1.165, 1.54) is 0 Å². The van der Waals surface area contributed by atoms with Crippen LogP contribution in [-0.4, -0.2) is 19.9 Å². The van der Waals surface area contributed by atoms with E-state index in [1.807, 2.05) is 44.2 Å². The smallest absolute Gasteiger partial charge is 0.460 e. The molecule has 1 aromatic carbocycles. The van der Waals surface area contributed by atoms with Crippen molar-refractivity contribution in [1.29, 1.82) is 0 Å². The molecule has 5 aliphatic rings. The van der Waals surface area contributed by atoms with Crippen LogP contribution in [-0.2, 0) is 30.4 Å². The normalized spacial score (nSPS) is 40.7. The molecule has 274 valence electrons. The molecule has 0 saturated heterocycles. The van der Waals surface area contributed by atoms with E-state index in [4.69, 9.17) is 8.92 Å². The van der Waals surface area contributed by atoms with Gasteiger partial charge in [-0.25, -0.2) is 0 Å². The highest BCUT2D eigenvalue weighted by Crippen LogP contribution is 2.77. The zero-order valence-corrected chi connectivity index (χ0v) is 31.5. The largest absolute Gasteiger partial charge is 0.534 e. The number of esters is 1. The molecule has 0 aromatic heterocycles. The SMILES string of the molecule is CC(C)C(C)[C@@H]1CC[C@]2(C(=O)OCc3ccccc3)CC[C@]3(C)[C@H](CC[C@H]4C3(C)CC[C@H]3C(C)(C)C(OS(=O)(=O)C(F)(F)F)=CC[C@@]34C)[C@@H]12. The van der Waals surface area contributed by atoms with Crippen molar-refractivity contribution in [3.05, 3.63) is 47.7 Å². The number of hydrogen-bond acceptors (Lipinski definition) is 5. The highest BCUT2D eigenvalue weighted by molar-refractivity contribution is 7.87. The van der Waals surface area contributed by atoms with Crippen molar-refractivity contribution in [2.24, 2.45) is 68.5 Å². The summed E-state index contributed by atoms with van der Waals surface area (Å²) in [6.07, 6.45) is 9.50. The number of allylic oxidation sites excluding steroid dienone is 2. The first kappa shape index (κ1) is 36.8. The molecule has 5 nitrogen and oxygen atoms in total. The van der Waals surface area contributed by atoms with Gasteiger partial charge >= 0.3 is 21.6 Å². The number of carbonyl (C=O) groups excluding carboxylic acids is 1. The number of rotatable bonds is 7. The average Bonchev–Trinajstić information content (AvgIpc) is 3.42. The molecule has 0 aliphatic heterocycles. The second-order valence-corrected chi connectivity index (χ2v) is 19.7. The molecule has 0 spiro atoms. The summed E-state index contributed by atoms with van der Waals surface area (Å²) in [5.41, 5.74) is -6.14. The molecule has 1 aromatic rings. The minimum atomic E-state index is -5.75. The Bertz CT molecular complexity index is 1570. The van der Waals surface area contributed by atoms with Crippen LogP contribution in [0.2, 0.25) is 0 Å². The maximum Gasteiger partial charge on any atom is 0.534 e. The summed E-state index contributed by atoms with van der Waals surface area (Å²) >= 11 is 0. The summed E-state index contributed by atoms with van der Waals surface area (Å²) in [5.74, 6) is 2.19. The fraction of sp³-hybridized carbons (Fsp3) is 0.775. The van der Waals surface area contributed by atoms with Crippen LogP contribution in [0.25, 0.3) is 0 Å². The van der Waals surface area contributed by atoms with Gasteiger partial charge in [-0.15, -0.1) is 0 Å². The molecule has 2 unspecified atom stereocenters. The lowest BCUT2D eigenvalue weighted by Crippen LogP contribution is -2.66.